The Bertz CT molecular complexity index is 657. The molecule has 5 nitrogen and oxygen atoms in total. The molecule has 2 aromatic heterocycles. The zero-order valence-electron chi connectivity index (χ0n) is 13.2. The lowest BCUT2D eigenvalue weighted by Gasteiger charge is -2.10. The van der Waals surface area contributed by atoms with E-state index in [0.717, 1.165) is 41.1 Å². The first-order valence-electron chi connectivity index (χ1n) is 7.55. The average molecular weight is 289 g/mol. The molecule has 0 radical (unpaired) electrons. The Morgan fingerprint density at radius 1 is 1.33 bits per heavy atom. The third kappa shape index (κ3) is 3.06. The topological polar surface area (TPSA) is 67.5 Å². The highest BCUT2D eigenvalue weighted by Crippen LogP contribution is 2.24. The number of hydrogen-bond acceptors (Lipinski definition) is 3. The van der Waals surface area contributed by atoms with Crippen molar-refractivity contribution in [1.29, 1.82) is 0 Å². The van der Waals surface area contributed by atoms with E-state index in [4.69, 9.17) is 5.11 Å². The van der Waals surface area contributed by atoms with Crippen molar-refractivity contribution in [2.24, 2.45) is 0 Å². The van der Waals surface area contributed by atoms with E-state index in [1.807, 2.05) is 18.4 Å². The maximum absolute atomic E-state index is 10.8. The van der Waals surface area contributed by atoms with Gasteiger partial charge >= 0.3 is 5.97 Å². The van der Waals surface area contributed by atoms with Crippen molar-refractivity contribution in [3.05, 3.63) is 28.7 Å². The van der Waals surface area contributed by atoms with Crippen molar-refractivity contribution in [3.63, 3.8) is 0 Å². The molecule has 21 heavy (non-hydrogen) atoms. The molecule has 0 atom stereocenters. The van der Waals surface area contributed by atoms with Gasteiger partial charge in [0.2, 0.25) is 0 Å². The highest BCUT2D eigenvalue weighted by Gasteiger charge is 2.16. The van der Waals surface area contributed by atoms with Gasteiger partial charge in [0, 0.05) is 29.8 Å². The van der Waals surface area contributed by atoms with Crippen LogP contribution >= 0.6 is 0 Å². The molecule has 0 saturated carbocycles. The van der Waals surface area contributed by atoms with E-state index < -0.39 is 5.97 Å². The molecule has 1 N–H and O–H groups in total. The van der Waals surface area contributed by atoms with Crippen LogP contribution in [0.5, 0.6) is 0 Å². The summed E-state index contributed by atoms with van der Waals surface area (Å²) in [4.78, 5) is 15.4. The van der Waals surface area contributed by atoms with E-state index in [-0.39, 0.29) is 6.42 Å². The average Bonchev–Trinajstić information content (AvgIpc) is 2.83. The maximum atomic E-state index is 10.8. The van der Waals surface area contributed by atoms with Crippen molar-refractivity contribution in [2.75, 3.05) is 0 Å². The molecule has 5 heteroatoms. The molecule has 0 fully saturated rings. The van der Waals surface area contributed by atoms with Crippen molar-refractivity contribution < 1.29 is 9.90 Å². The summed E-state index contributed by atoms with van der Waals surface area (Å²) in [6.07, 6.45) is 2.74. The van der Waals surface area contributed by atoms with E-state index in [9.17, 15) is 4.79 Å². The Morgan fingerprint density at radius 3 is 2.57 bits per heavy atom. The standard InChI is InChI=1S/C16H23N3O2/c1-5-12(6-2)14-9-15-17-10(3)13(7-8-16(20)21)11(4)19(15)18-14/h9,12H,5-8H2,1-4H3,(H,20,21). The molecule has 0 aromatic carbocycles. The molecule has 0 aliphatic carbocycles. The third-order valence-corrected chi connectivity index (χ3v) is 4.18. The van der Waals surface area contributed by atoms with Crippen molar-refractivity contribution in [1.82, 2.24) is 14.6 Å². The summed E-state index contributed by atoms with van der Waals surface area (Å²) in [6, 6.07) is 2.05. The number of hydrogen-bond donors (Lipinski definition) is 1. The zero-order valence-corrected chi connectivity index (χ0v) is 13.2. The fourth-order valence-corrected chi connectivity index (χ4v) is 2.84. The van der Waals surface area contributed by atoms with Gasteiger partial charge in [0.05, 0.1) is 5.69 Å². The van der Waals surface area contributed by atoms with Gasteiger partial charge in [-0.05, 0) is 38.7 Å². The van der Waals surface area contributed by atoms with E-state index >= 15 is 0 Å². The number of carboxylic acid groups (broad SMARTS) is 1. The fourth-order valence-electron chi connectivity index (χ4n) is 2.84. The maximum Gasteiger partial charge on any atom is 0.303 e. The minimum absolute atomic E-state index is 0.121. The summed E-state index contributed by atoms with van der Waals surface area (Å²) in [5, 5.41) is 13.6. The van der Waals surface area contributed by atoms with Crippen LogP contribution in [0.15, 0.2) is 6.07 Å². The molecule has 2 heterocycles. The summed E-state index contributed by atoms with van der Waals surface area (Å²) < 4.78 is 1.86. The van der Waals surface area contributed by atoms with Crippen LogP contribution in [0.25, 0.3) is 5.65 Å². The number of aromatic nitrogens is 3. The highest BCUT2D eigenvalue weighted by molar-refractivity contribution is 5.67. The number of rotatable bonds is 6. The van der Waals surface area contributed by atoms with E-state index in [1.165, 1.54) is 0 Å². The van der Waals surface area contributed by atoms with Gasteiger partial charge in [-0.25, -0.2) is 9.50 Å². The molecular formula is C16H23N3O2. The van der Waals surface area contributed by atoms with Crippen LogP contribution in [0.4, 0.5) is 0 Å². The first-order chi connectivity index (χ1) is 9.97. The van der Waals surface area contributed by atoms with E-state index in [2.05, 4.69) is 30.0 Å². The molecular weight excluding hydrogens is 266 g/mol. The van der Waals surface area contributed by atoms with Crippen molar-refractivity contribution in [3.8, 4) is 0 Å². The SMILES string of the molecule is CCC(CC)c1cc2nc(C)c(CCC(=O)O)c(C)n2n1. The monoisotopic (exact) mass is 289 g/mol. The van der Waals surface area contributed by atoms with Crippen LogP contribution in [-0.2, 0) is 11.2 Å². The quantitative estimate of drug-likeness (QED) is 0.886. The number of fused-ring (bicyclic) bond motifs is 1. The summed E-state index contributed by atoms with van der Waals surface area (Å²) >= 11 is 0. The first kappa shape index (κ1) is 15.5. The normalized spacial score (nSPS) is 11.5. The van der Waals surface area contributed by atoms with E-state index in [0.29, 0.717) is 12.3 Å². The highest BCUT2D eigenvalue weighted by atomic mass is 16.4. The molecule has 0 unspecified atom stereocenters. The Morgan fingerprint density at radius 2 is 2.00 bits per heavy atom. The first-order valence-corrected chi connectivity index (χ1v) is 7.55. The number of aryl methyl sites for hydroxylation is 2. The fraction of sp³-hybridized carbons (Fsp3) is 0.562. The molecule has 0 aliphatic rings. The summed E-state index contributed by atoms with van der Waals surface area (Å²) in [5.74, 6) is -0.332. The molecule has 0 bridgehead atoms. The van der Waals surface area contributed by atoms with Crippen LogP contribution in [0.2, 0.25) is 0 Å². The summed E-state index contributed by atoms with van der Waals surface area (Å²) in [7, 11) is 0. The number of carboxylic acids is 1. The predicted molar refractivity (Wildman–Crippen MR) is 81.7 cm³/mol. The van der Waals surface area contributed by atoms with E-state index in [1.54, 1.807) is 0 Å². The summed E-state index contributed by atoms with van der Waals surface area (Å²) in [5.41, 5.74) is 4.81. The second-order valence-corrected chi connectivity index (χ2v) is 5.51. The number of nitrogens with zero attached hydrogens (tertiary/aromatic N) is 3. The van der Waals surface area contributed by atoms with Crippen molar-refractivity contribution >= 4 is 11.6 Å². The molecule has 0 saturated heterocycles. The van der Waals surface area contributed by atoms with Gasteiger partial charge in [-0.15, -0.1) is 0 Å². The summed E-state index contributed by atoms with van der Waals surface area (Å²) in [6.45, 7) is 8.26. The number of aliphatic carboxylic acids is 1. The molecule has 0 amide bonds. The molecule has 0 aliphatic heterocycles. The van der Waals surface area contributed by atoms with Crippen LogP contribution in [-0.4, -0.2) is 25.7 Å². The lowest BCUT2D eigenvalue weighted by molar-refractivity contribution is -0.136. The van der Waals surface area contributed by atoms with Crippen LogP contribution in [0.1, 0.15) is 61.7 Å². The minimum Gasteiger partial charge on any atom is -0.481 e. The van der Waals surface area contributed by atoms with Gasteiger partial charge in [0.25, 0.3) is 0 Å². The van der Waals surface area contributed by atoms with Gasteiger partial charge in [0.1, 0.15) is 0 Å². The predicted octanol–water partition coefficient (Wildman–Crippen LogP) is 3.27. The second-order valence-electron chi connectivity index (χ2n) is 5.51. The molecule has 114 valence electrons. The Hall–Kier alpha value is -1.91. The molecule has 2 rings (SSSR count). The largest absolute Gasteiger partial charge is 0.481 e. The lowest BCUT2D eigenvalue weighted by Crippen LogP contribution is -2.08. The zero-order chi connectivity index (χ0) is 15.6. The van der Waals surface area contributed by atoms with Crippen LogP contribution < -0.4 is 0 Å². The van der Waals surface area contributed by atoms with Crippen LogP contribution in [0.3, 0.4) is 0 Å². The van der Waals surface area contributed by atoms with Gasteiger partial charge in [-0.2, -0.15) is 5.10 Å². The van der Waals surface area contributed by atoms with Crippen molar-refractivity contribution in [2.45, 2.75) is 59.3 Å². The van der Waals surface area contributed by atoms with Gasteiger partial charge in [-0.1, -0.05) is 13.8 Å². The lowest BCUT2D eigenvalue weighted by atomic mass is 10.00. The molecule has 0 spiro atoms. The Balaban J connectivity index is 2.47. The Labute approximate surface area is 125 Å². The van der Waals surface area contributed by atoms with Gasteiger partial charge in [-0.3, -0.25) is 4.79 Å². The Kier molecular flexibility index (Phi) is 4.60. The second kappa shape index (κ2) is 6.24. The third-order valence-electron chi connectivity index (χ3n) is 4.18. The van der Waals surface area contributed by atoms with Gasteiger partial charge in [0.15, 0.2) is 5.65 Å². The van der Waals surface area contributed by atoms with Gasteiger partial charge < -0.3 is 5.11 Å². The van der Waals surface area contributed by atoms with Crippen LogP contribution in [0, 0.1) is 13.8 Å². The number of carbonyl (C=O) groups is 1. The smallest absolute Gasteiger partial charge is 0.303 e. The molecule has 2 aromatic rings. The minimum atomic E-state index is -0.785.